The van der Waals surface area contributed by atoms with Crippen LogP contribution < -0.4 is 0 Å². The molecule has 1 rings (SSSR count). The smallest absolute Gasteiger partial charge is 0.0919 e. The van der Waals surface area contributed by atoms with Gasteiger partial charge in [-0.2, -0.15) is 0 Å². The van der Waals surface area contributed by atoms with Gasteiger partial charge in [0.25, 0.3) is 0 Å². The van der Waals surface area contributed by atoms with Crippen molar-refractivity contribution in [3.8, 4) is 0 Å². The normalized spacial score (nSPS) is 13.4. The van der Waals surface area contributed by atoms with E-state index in [9.17, 15) is 5.11 Å². The van der Waals surface area contributed by atoms with E-state index < -0.39 is 6.10 Å². The van der Waals surface area contributed by atoms with Crippen LogP contribution in [0, 0.1) is 19.8 Å². The lowest BCUT2D eigenvalue weighted by Gasteiger charge is -2.34. The van der Waals surface area contributed by atoms with E-state index in [1.54, 1.807) is 0 Å². The number of hydrogen-bond acceptors (Lipinski definition) is 2. The minimum atomic E-state index is -0.398. The molecule has 0 radical (unpaired) electrons. The van der Waals surface area contributed by atoms with E-state index >= 15 is 0 Å². The molecule has 1 atom stereocenters. The van der Waals surface area contributed by atoms with Crippen LogP contribution >= 0.6 is 0 Å². The fourth-order valence-corrected chi connectivity index (χ4v) is 3.17. The van der Waals surface area contributed by atoms with Crippen LogP contribution in [0.15, 0.2) is 18.2 Å². The van der Waals surface area contributed by atoms with E-state index in [4.69, 9.17) is 0 Å². The lowest BCUT2D eigenvalue weighted by Crippen LogP contribution is -2.40. The van der Waals surface area contributed by atoms with Crippen LogP contribution in [0.2, 0.25) is 0 Å². The standard InChI is InChI=1S/C19H33NO/c1-7-17(8-2)20(12-14(3)4)13-19(21)18-10-9-15(5)11-16(18)6/h9-11,14,17,19,21H,7-8,12-13H2,1-6H3. The summed E-state index contributed by atoms with van der Waals surface area (Å²) in [5, 5.41) is 10.7. The Labute approximate surface area is 131 Å². The van der Waals surface area contributed by atoms with Crippen molar-refractivity contribution >= 4 is 0 Å². The Balaban J connectivity index is 2.85. The molecule has 1 aromatic carbocycles. The molecule has 120 valence electrons. The zero-order valence-corrected chi connectivity index (χ0v) is 14.7. The van der Waals surface area contributed by atoms with Crippen LogP contribution in [0.1, 0.15) is 63.3 Å². The monoisotopic (exact) mass is 291 g/mol. The minimum absolute atomic E-state index is 0.398. The zero-order chi connectivity index (χ0) is 16.0. The summed E-state index contributed by atoms with van der Waals surface area (Å²) in [7, 11) is 0. The van der Waals surface area contributed by atoms with Crippen molar-refractivity contribution in [1.82, 2.24) is 4.90 Å². The molecule has 0 aromatic heterocycles. The molecule has 1 N–H and O–H groups in total. The fourth-order valence-electron chi connectivity index (χ4n) is 3.17. The average molecular weight is 291 g/mol. The highest BCUT2D eigenvalue weighted by molar-refractivity contribution is 5.32. The van der Waals surface area contributed by atoms with Crippen molar-refractivity contribution in [2.45, 2.75) is 66.5 Å². The van der Waals surface area contributed by atoms with Crippen LogP contribution in [-0.2, 0) is 0 Å². The van der Waals surface area contributed by atoms with Gasteiger partial charge in [0.15, 0.2) is 0 Å². The maximum atomic E-state index is 10.7. The quantitative estimate of drug-likeness (QED) is 0.763. The van der Waals surface area contributed by atoms with Crippen molar-refractivity contribution in [2.75, 3.05) is 13.1 Å². The first kappa shape index (κ1) is 18.2. The molecule has 0 saturated heterocycles. The highest BCUT2D eigenvalue weighted by Gasteiger charge is 2.21. The number of aliphatic hydroxyl groups is 1. The summed E-state index contributed by atoms with van der Waals surface area (Å²) in [6.45, 7) is 14.9. The van der Waals surface area contributed by atoms with Crippen LogP contribution in [0.25, 0.3) is 0 Å². The van der Waals surface area contributed by atoms with E-state index in [2.05, 4.69) is 64.6 Å². The number of rotatable bonds is 8. The Bertz CT molecular complexity index is 424. The second kappa shape index (κ2) is 8.55. The minimum Gasteiger partial charge on any atom is -0.387 e. The average Bonchev–Trinajstić information content (AvgIpc) is 2.38. The maximum Gasteiger partial charge on any atom is 0.0919 e. The maximum absolute atomic E-state index is 10.7. The largest absolute Gasteiger partial charge is 0.387 e. The van der Waals surface area contributed by atoms with Crippen molar-refractivity contribution < 1.29 is 5.11 Å². The van der Waals surface area contributed by atoms with E-state index in [1.807, 2.05) is 0 Å². The third-order valence-electron chi connectivity index (χ3n) is 4.25. The van der Waals surface area contributed by atoms with Gasteiger partial charge in [0.2, 0.25) is 0 Å². The molecular weight excluding hydrogens is 258 g/mol. The van der Waals surface area contributed by atoms with Crippen molar-refractivity contribution in [2.24, 2.45) is 5.92 Å². The van der Waals surface area contributed by atoms with Crippen LogP contribution in [0.3, 0.4) is 0 Å². The molecule has 0 amide bonds. The molecule has 0 aliphatic rings. The van der Waals surface area contributed by atoms with Gasteiger partial charge in [0.05, 0.1) is 6.10 Å². The summed E-state index contributed by atoms with van der Waals surface area (Å²) in [5.41, 5.74) is 3.51. The second-order valence-electron chi connectivity index (χ2n) is 6.69. The molecule has 0 bridgehead atoms. The van der Waals surface area contributed by atoms with Crippen molar-refractivity contribution in [3.63, 3.8) is 0 Å². The van der Waals surface area contributed by atoms with Gasteiger partial charge in [-0.25, -0.2) is 0 Å². The zero-order valence-electron chi connectivity index (χ0n) is 14.7. The third kappa shape index (κ3) is 5.44. The first-order valence-electron chi connectivity index (χ1n) is 8.38. The van der Waals surface area contributed by atoms with Crippen LogP contribution in [-0.4, -0.2) is 29.1 Å². The Morgan fingerprint density at radius 3 is 2.14 bits per heavy atom. The highest BCUT2D eigenvalue weighted by atomic mass is 16.3. The second-order valence-corrected chi connectivity index (χ2v) is 6.69. The van der Waals surface area contributed by atoms with Gasteiger partial charge in [-0.3, -0.25) is 4.90 Å². The van der Waals surface area contributed by atoms with Crippen molar-refractivity contribution in [3.05, 3.63) is 34.9 Å². The molecule has 1 aromatic rings. The van der Waals surface area contributed by atoms with E-state index in [1.165, 1.54) is 11.1 Å². The van der Waals surface area contributed by atoms with Crippen LogP contribution in [0.4, 0.5) is 0 Å². The summed E-state index contributed by atoms with van der Waals surface area (Å²) < 4.78 is 0. The molecule has 21 heavy (non-hydrogen) atoms. The van der Waals surface area contributed by atoms with E-state index in [0.29, 0.717) is 12.0 Å². The van der Waals surface area contributed by atoms with Gasteiger partial charge in [-0.15, -0.1) is 0 Å². The third-order valence-corrected chi connectivity index (χ3v) is 4.25. The van der Waals surface area contributed by atoms with E-state index in [0.717, 1.165) is 31.5 Å². The lowest BCUT2D eigenvalue weighted by molar-refractivity contribution is 0.0747. The number of benzene rings is 1. The summed E-state index contributed by atoms with van der Waals surface area (Å²) in [6, 6.07) is 6.89. The Kier molecular flexibility index (Phi) is 7.41. The molecule has 0 aliphatic heterocycles. The fraction of sp³-hybridized carbons (Fsp3) is 0.684. The molecular formula is C19H33NO. The lowest BCUT2D eigenvalue weighted by atomic mass is 9.99. The van der Waals surface area contributed by atoms with Gasteiger partial charge < -0.3 is 5.11 Å². The molecule has 0 aliphatic carbocycles. The van der Waals surface area contributed by atoms with Gasteiger partial charge in [-0.1, -0.05) is 51.5 Å². The predicted molar refractivity (Wildman–Crippen MR) is 91.7 cm³/mol. The number of aliphatic hydroxyl groups excluding tert-OH is 1. The molecule has 0 saturated carbocycles. The summed E-state index contributed by atoms with van der Waals surface area (Å²) in [4.78, 5) is 2.47. The molecule has 2 nitrogen and oxygen atoms in total. The molecule has 1 unspecified atom stereocenters. The molecule has 0 spiro atoms. The van der Waals surface area contributed by atoms with Gasteiger partial charge >= 0.3 is 0 Å². The Hall–Kier alpha value is -0.860. The summed E-state index contributed by atoms with van der Waals surface area (Å²) in [6.07, 6.45) is 1.89. The topological polar surface area (TPSA) is 23.5 Å². The Morgan fingerprint density at radius 1 is 1.05 bits per heavy atom. The molecule has 0 heterocycles. The molecule has 2 heteroatoms. The first-order valence-corrected chi connectivity index (χ1v) is 8.38. The number of aryl methyl sites for hydroxylation is 2. The predicted octanol–water partition coefficient (Wildman–Crippen LogP) is 4.48. The number of nitrogens with zero attached hydrogens (tertiary/aromatic N) is 1. The SMILES string of the molecule is CCC(CC)N(CC(C)C)CC(O)c1ccc(C)cc1C. The Morgan fingerprint density at radius 2 is 1.67 bits per heavy atom. The summed E-state index contributed by atoms with van der Waals surface area (Å²) >= 11 is 0. The first-order chi connectivity index (χ1) is 9.88. The van der Waals surface area contributed by atoms with E-state index in [-0.39, 0.29) is 0 Å². The molecule has 0 fully saturated rings. The van der Waals surface area contributed by atoms with Gasteiger partial charge in [-0.05, 0) is 43.7 Å². The van der Waals surface area contributed by atoms with Crippen molar-refractivity contribution in [1.29, 1.82) is 0 Å². The van der Waals surface area contributed by atoms with Gasteiger partial charge in [0, 0.05) is 19.1 Å². The van der Waals surface area contributed by atoms with Gasteiger partial charge in [0.1, 0.15) is 0 Å². The summed E-state index contributed by atoms with van der Waals surface area (Å²) in [5.74, 6) is 0.622. The highest BCUT2D eigenvalue weighted by Crippen LogP contribution is 2.22. The number of hydrogen-bond donors (Lipinski definition) is 1. The van der Waals surface area contributed by atoms with Crippen LogP contribution in [0.5, 0.6) is 0 Å².